The van der Waals surface area contributed by atoms with E-state index in [1.807, 2.05) is 4.90 Å². The van der Waals surface area contributed by atoms with Crippen molar-refractivity contribution in [3.8, 4) is 0 Å². The highest BCUT2D eigenvalue weighted by Gasteiger charge is 2.28. The summed E-state index contributed by atoms with van der Waals surface area (Å²) in [7, 11) is 0. The van der Waals surface area contributed by atoms with Crippen molar-refractivity contribution >= 4 is 21.8 Å². The lowest BCUT2D eigenvalue weighted by Gasteiger charge is -2.35. The number of halogens is 1. The van der Waals surface area contributed by atoms with Crippen molar-refractivity contribution in [3.63, 3.8) is 0 Å². The molecule has 0 bridgehead atoms. The smallest absolute Gasteiger partial charge is 0.258 e. The van der Waals surface area contributed by atoms with E-state index in [2.05, 4.69) is 22.9 Å². The highest BCUT2D eigenvalue weighted by molar-refractivity contribution is 9.10. The highest BCUT2D eigenvalue weighted by Crippen LogP contribution is 2.26. The van der Waals surface area contributed by atoms with Gasteiger partial charge in [0, 0.05) is 12.6 Å². The van der Waals surface area contributed by atoms with E-state index in [1.165, 1.54) is 6.42 Å². The molecule has 0 radical (unpaired) electrons. The fourth-order valence-corrected chi connectivity index (χ4v) is 2.91. The highest BCUT2D eigenvalue weighted by atomic mass is 79.9. The number of furan rings is 1. The second kappa shape index (κ2) is 5.71. The second-order valence-electron chi connectivity index (χ2n) is 4.54. The first-order valence-electron chi connectivity index (χ1n) is 6.28. The SMILES string of the molecule is CCCC1CCCCN1C(=O)c1ccoc1Br. The van der Waals surface area contributed by atoms with Crippen LogP contribution in [0.1, 0.15) is 49.4 Å². The lowest BCUT2D eigenvalue weighted by Crippen LogP contribution is -2.43. The van der Waals surface area contributed by atoms with E-state index in [0.29, 0.717) is 16.3 Å². The van der Waals surface area contributed by atoms with Crippen molar-refractivity contribution < 1.29 is 9.21 Å². The molecule has 2 heterocycles. The molecule has 1 aliphatic rings. The molecule has 0 aliphatic carbocycles. The van der Waals surface area contributed by atoms with Gasteiger partial charge in [-0.2, -0.15) is 0 Å². The molecule has 2 rings (SSSR count). The minimum absolute atomic E-state index is 0.101. The summed E-state index contributed by atoms with van der Waals surface area (Å²) >= 11 is 3.28. The molecule has 1 atom stereocenters. The first-order chi connectivity index (χ1) is 8.24. The van der Waals surface area contributed by atoms with Gasteiger partial charge in [-0.05, 0) is 47.7 Å². The first kappa shape index (κ1) is 12.7. The summed E-state index contributed by atoms with van der Waals surface area (Å²) in [6.45, 7) is 3.05. The molecule has 3 nitrogen and oxygen atoms in total. The topological polar surface area (TPSA) is 33.5 Å². The van der Waals surface area contributed by atoms with Crippen LogP contribution in [0.4, 0.5) is 0 Å². The van der Waals surface area contributed by atoms with Crippen molar-refractivity contribution in [1.82, 2.24) is 4.90 Å². The number of nitrogens with zero attached hydrogens (tertiary/aromatic N) is 1. The number of hydrogen-bond donors (Lipinski definition) is 0. The van der Waals surface area contributed by atoms with Gasteiger partial charge in [0.15, 0.2) is 4.67 Å². The summed E-state index contributed by atoms with van der Waals surface area (Å²) in [6, 6.07) is 2.15. The number of rotatable bonds is 3. The molecule has 0 aromatic carbocycles. The quantitative estimate of drug-likeness (QED) is 0.850. The lowest BCUT2D eigenvalue weighted by atomic mass is 9.97. The number of carbonyl (C=O) groups is 1. The van der Waals surface area contributed by atoms with E-state index in [0.717, 1.165) is 32.2 Å². The molecular formula is C13H18BrNO2. The lowest BCUT2D eigenvalue weighted by molar-refractivity contribution is 0.0598. The summed E-state index contributed by atoms with van der Waals surface area (Å²) < 4.78 is 5.69. The summed E-state index contributed by atoms with van der Waals surface area (Å²) in [5, 5.41) is 0. The van der Waals surface area contributed by atoms with Crippen LogP contribution in [0, 0.1) is 0 Å². The maximum Gasteiger partial charge on any atom is 0.258 e. The van der Waals surface area contributed by atoms with E-state index in [4.69, 9.17) is 4.42 Å². The largest absolute Gasteiger partial charge is 0.457 e. The monoisotopic (exact) mass is 299 g/mol. The van der Waals surface area contributed by atoms with Crippen LogP contribution < -0.4 is 0 Å². The Morgan fingerprint density at radius 1 is 1.59 bits per heavy atom. The standard InChI is InChI=1S/C13H18BrNO2/c1-2-5-10-6-3-4-8-15(10)13(16)11-7-9-17-12(11)14/h7,9-10H,2-6,8H2,1H3. The third-order valence-corrected chi connectivity index (χ3v) is 3.97. The van der Waals surface area contributed by atoms with Gasteiger partial charge in [-0.15, -0.1) is 0 Å². The fraction of sp³-hybridized carbons (Fsp3) is 0.615. The van der Waals surface area contributed by atoms with Crippen LogP contribution in [0.25, 0.3) is 0 Å². The van der Waals surface area contributed by atoms with E-state index in [1.54, 1.807) is 12.3 Å². The zero-order chi connectivity index (χ0) is 12.3. The molecule has 1 amide bonds. The Hall–Kier alpha value is -0.770. The predicted octanol–water partition coefficient (Wildman–Crippen LogP) is 3.84. The van der Waals surface area contributed by atoms with Crippen molar-refractivity contribution in [2.75, 3.05) is 6.54 Å². The molecule has 1 fully saturated rings. The van der Waals surface area contributed by atoms with Crippen LogP contribution in [-0.2, 0) is 0 Å². The zero-order valence-corrected chi connectivity index (χ0v) is 11.7. The molecule has 0 N–H and O–H groups in total. The van der Waals surface area contributed by atoms with Crippen LogP contribution in [-0.4, -0.2) is 23.4 Å². The fourth-order valence-electron chi connectivity index (χ4n) is 2.50. The molecule has 1 aromatic rings. The molecule has 1 unspecified atom stereocenters. The van der Waals surface area contributed by atoms with Crippen LogP contribution in [0.15, 0.2) is 21.4 Å². The normalized spacial score (nSPS) is 20.6. The number of amides is 1. The average Bonchev–Trinajstić information content (AvgIpc) is 2.76. The van der Waals surface area contributed by atoms with Crippen molar-refractivity contribution in [2.45, 2.75) is 45.1 Å². The van der Waals surface area contributed by atoms with E-state index < -0.39 is 0 Å². The molecule has 94 valence electrons. The third kappa shape index (κ3) is 2.73. The van der Waals surface area contributed by atoms with Gasteiger partial charge in [0.25, 0.3) is 5.91 Å². The number of piperidine rings is 1. The maximum absolute atomic E-state index is 12.4. The Kier molecular flexibility index (Phi) is 4.26. The minimum atomic E-state index is 0.101. The van der Waals surface area contributed by atoms with E-state index in [9.17, 15) is 4.79 Å². The molecule has 1 aromatic heterocycles. The summed E-state index contributed by atoms with van der Waals surface area (Å²) in [4.78, 5) is 14.4. The Morgan fingerprint density at radius 3 is 3.06 bits per heavy atom. The Labute approximate surface area is 110 Å². The summed E-state index contributed by atoms with van der Waals surface area (Å²) in [5.74, 6) is 0.101. The maximum atomic E-state index is 12.4. The Bertz CT molecular complexity index is 387. The van der Waals surface area contributed by atoms with Gasteiger partial charge in [0.2, 0.25) is 0 Å². The summed E-state index contributed by atoms with van der Waals surface area (Å²) in [6.07, 6.45) is 7.26. The van der Waals surface area contributed by atoms with Gasteiger partial charge in [-0.1, -0.05) is 13.3 Å². The zero-order valence-electron chi connectivity index (χ0n) is 10.1. The molecule has 17 heavy (non-hydrogen) atoms. The Balaban J connectivity index is 2.14. The van der Waals surface area contributed by atoms with Crippen LogP contribution >= 0.6 is 15.9 Å². The Morgan fingerprint density at radius 2 is 2.41 bits per heavy atom. The van der Waals surface area contributed by atoms with Crippen LogP contribution in [0.2, 0.25) is 0 Å². The van der Waals surface area contributed by atoms with Gasteiger partial charge >= 0.3 is 0 Å². The summed E-state index contributed by atoms with van der Waals surface area (Å²) in [5.41, 5.74) is 0.646. The number of hydrogen-bond acceptors (Lipinski definition) is 2. The van der Waals surface area contributed by atoms with Crippen LogP contribution in [0.3, 0.4) is 0 Å². The van der Waals surface area contributed by atoms with E-state index in [-0.39, 0.29) is 5.91 Å². The average molecular weight is 300 g/mol. The molecule has 4 heteroatoms. The predicted molar refractivity (Wildman–Crippen MR) is 70.0 cm³/mol. The van der Waals surface area contributed by atoms with Gasteiger partial charge < -0.3 is 9.32 Å². The van der Waals surface area contributed by atoms with Crippen molar-refractivity contribution in [1.29, 1.82) is 0 Å². The van der Waals surface area contributed by atoms with Crippen molar-refractivity contribution in [2.24, 2.45) is 0 Å². The molecule has 0 saturated carbocycles. The third-order valence-electron chi connectivity index (χ3n) is 3.36. The molecular weight excluding hydrogens is 282 g/mol. The van der Waals surface area contributed by atoms with Crippen LogP contribution in [0.5, 0.6) is 0 Å². The minimum Gasteiger partial charge on any atom is -0.457 e. The van der Waals surface area contributed by atoms with Gasteiger partial charge in [0.1, 0.15) is 0 Å². The molecule has 1 saturated heterocycles. The van der Waals surface area contributed by atoms with Gasteiger partial charge in [-0.25, -0.2) is 0 Å². The molecule has 0 spiro atoms. The molecule has 1 aliphatic heterocycles. The van der Waals surface area contributed by atoms with Crippen molar-refractivity contribution in [3.05, 3.63) is 22.6 Å². The van der Waals surface area contributed by atoms with Gasteiger partial charge in [-0.3, -0.25) is 4.79 Å². The second-order valence-corrected chi connectivity index (χ2v) is 5.27. The number of carbonyl (C=O) groups excluding carboxylic acids is 1. The van der Waals surface area contributed by atoms with Gasteiger partial charge in [0.05, 0.1) is 11.8 Å². The van der Waals surface area contributed by atoms with E-state index >= 15 is 0 Å². The first-order valence-corrected chi connectivity index (χ1v) is 7.07. The number of likely N-dealkylation sites (tertiary alicyclic amines) is 1.